The van der Waals surface area contributed by atoms with E-state index in [0.717, 1.165) is 0 Å². The second kappa shape index (κ2) is 5.73. The van der Waals surface area contributed by atoms with Gasteiger partial charge in [0.15, 0.2) is 0 Å². The Bertz CT molecular complexity index is 912. The van der Waals surface area contributed by atoms with E-state index >= 15 is 0 Å². The zero-order valence-corrected chi connectivity index (χ0v) is 13.2. The fourth-order valence-corrected chi connectivity index (χ4v) is 3.08. The van der Waals surface area contributed by atoms with Crippen molar-refractivity contribution in [2.75, 3.05) is 0 Å². The van der Waals surface area contributed by atoms with E-state index in [1.54, 1.807) is 0 Å². The molecule has 4 rings (SSSR count). The van der Waals surface area contributed by atoms with Crippen LogP contribution in [0.1, 0.15) is 11.1 Å². The second-order valence-corrected chi connectivity index (χ2v) is 5.92. The largest absolute Gasteiger partial charge is 0.0622 e. The highest BCUT2D eigenvalue weighted by molar-refractivity contribution is 5.92. The number of hydrogen-bond donors (Lipinski definition) is 0. The van der Waals surface area contributed by atoms with E-state index in [-0.39, 0.29) is 0 Å². The van der Waals surface area contributed by atoms with E-state index in [2.05, 4.69) is 97.9 Å². The van der Waals surface area contributed by atoms with Crippen LogP contribution < -0.4 is 0 Å². The molecule has 3 aromatic carbocycles. The third kappa shape index (κ3) is 2.53. The third-order valence-corrected chi connectivity index (χ3v) is 4.42. The maximum atomic E-state index is 2.32. The second-order valence-electron chi connectivity index (χ2n) is 5.92. The van der Waals surface area contributed by atoms with Crippen LogP contribution in [0, 0.1) is 6.92 Å². The highest BCUT2D eigenvalue weighted by atomic mass is 14.2. The first kappa shape index (κ1) is 13.8. The normalized spacial score (nSPS) is 12.7. The molecule has 0 spiro atoms. The molecule has 0 aliphatic heterocycles. The van der Waals surface area contributed by atoms with Crippen LogP contribution in [0.25, 0.3) is 27.8 Å². The topological polar surface area (TPSA) is 0 Å². The lowest BCUT2D eigenvalue weighted by Gasteiger charge is -2.17. The monoisotopic (exact) mass is 294 g/mol. The Hall–Kier alpha value is -2.86. The van der Waals surface area contributed by atoms with Crippen LogP contribution in [-0.4, -0.2) is 0 Å². The molecule has 0 nitrogen and oxygen atoms in total. The van der Waals surface area contributed by atoms with E-state index in [9.17, 15) is 0 Å². The summed E-state index contributed by atoms with van der Waals surface area (Å²) in [6.45, 7) is 2.18. The van der Waals surface area contributed by atoms with Crippen molar-refractivity contribution in [1.29, 1.82) is 0 Å². The average molecular weight is 294 g/mol. The minimum absolute atomic E-state index is 1.26. The van der Waals surface area contributed by atoms with Crippen LogP contribution >= 0.6 is 0 Å². The molecule has 0 aromatic heterocycles. The molecule has 0 heterocycles. The molecule has 23 heavy (non-hydrogen) atoms. The van der Waals surface area contributed by atoms with Gasteiger partial charge in [0.1, 0.15) is 0 Å². The Balaban J connectivity index is 1.92. The summed E-state index contributed by atoms with van der Waals surface area (Å²) < 4.78 is 0. The molecule has 0 amide bonds. The Morgan fingerprint density at radius 3 is 2.04 bits per heavy atom. The average Bonchev–Trinajstić information content (AvgIpc) is 2.55. The van der Waals surface area contributed by atoms with Crippen LogP contribution in [0.15, 0.2) is 91.0 Å². The van der Waals surface area contributed by atoms with Crippen LogP contribution in [0.4, 0.5) is 0 Å². The molecule has 0 heteroatoms. The first-order valence-electron chi connectivity index (χ1n) is 7.97. The summed E-state index contributed by atoms with van der Waals surface area (Å²) in [5, 5.41) is 0. The number of benzene rings is 3. The Kier molecular flexibility index (Phi) is 3.44. The quantitative estimate of drug-likeness (QED) is 0.533. The van der Waals surface area contributed by atoms with Gasteiger partial charge < -0.3 is 0 Å². The van der Waals surface area contributed by atoms with E-state index < -0.39 is 0 Å². The maximum absolute atomic E-state index is 2.32. The molecule has 0 saturated carbocycles. The molecule has 0 radical (unpaired) electrons. The molecule has 3 aromatic rings. The molecule has 1 aliphatic rings. The molecule has 110 valence electrons. The lowest BCUT2D eigenvalue weighted by atomic mass is 9.87. The van der Waals surface area contributed by atoms with Crippen molar-refractivity contribution < 1.29 is 0 Å². The zero-order chi connectivity index (χ0) is 15.6. The molecular formula is C23H18. The lowest BCUT2D eigenvalue weighted by Crippen LogP contribution is -1.94. The van der Waals surface area contributed by atoms with Crippen LogP contribution in [0.3, 0.4) is 0 Å². The van der Waals surface area contributed by atoms with Crippen LogP contribution in [0.2, 0.25) is 0 Å². The van der Waals surface area contributed by atoms with Crippen LogP contribution in [-0.2, 0) is 0 Å². The standard InChI is InChI=1S/C23H18/c1-17-8-5-6-13-21(17)23-16-20(18-9-3-2-4-10-18)14-15-22(23)19-11-7-12-19/h2-16H,1H3. The van der Waals surface area contributed by atoms with E-state index in [0.29, 0.717) is 0 Å². The predicted octanol–water partition coefficient (Wildman–Crippen LogP) is 6.28. The van der Waals surface area contributed by atoms with Gasteiger partial charge in [-0.2, -0.15) is 0 Å². The summed E-state index contributed by atoms with van der Waals surface area (Å²) in [5.74, 6) is 0. The summed E-state index contributed by atoms with van der Waals surface area (Å²) in [5.41, 5.74) is 9.05. The lowest BCUT2D eigenvalue weighted by molar-refractivity contribution is 1.44. The Labute approximate surface area is 137 Å². The number of hydrogen-bond acceptors (Lipinski definition) is 0. The first-order valence-corrected chi connectivity index (χ1v) is 7.97. The summed E-state index contributed by atoms with van der Waals surface area (Å²) >= 11 is 0. The van der Waals surface area contributed by atoms with Gasteiger partial charge >= 0.3 is 0 Å². The fraction of sp³-hybridized carbons (Fsp3) is 0.0435. The molecule has 0 N–H and O–H groups in total. The number of allylic oxidation sites excluding steroid dienone is 4. The van der Waals surface area contributed by atoms with Crippen molar-refractivity contribution in [2.24, 2.45) is 0 Å². The number of aryl methyl sites for hydroxylation is 1. The van der Waals surface area contributed by atoms with E-state index in [4.69, 9.17) is 0 Å². The molecule has 0 bridgehead atoms. The highest BCUT2D eigenvalue weighted by Crippen LogP contribution is 2.36. The van der Waals surface area contributed by atoms with Crippen LogP contribution in [0.5, 0.6) is 0 Å². The summed E-state index contributed by atoms with van der Waals surface area (Å²) in [7, 11) is 0. The first-order chi connectivity index (χ1) is 11.3. The molecule has 0 unspecified atom stereocenters. The SMILES string of the molecule is Cc1ccccc1-c1cc(-c2ccccc2)ccc1C1=CC=C1. The van der Waals surface area contributed by atoms with Crippen molar-refractivity contribution in [2.45, 2.75) is 6.92 Å². The van der Waals surface area contributed by atoms with Crippen molar-refractivity contribution in [1.82, 2.24) is 0 Å². The molecule has 0 saturated heterocycles. The summed E-state index contributed by atoms with van der Waals surface area (Å²) in [4.78, 5) is 0. The highest BCUT2D eigenvalue weighted by Gasteiger charge is 2.13. The molecule has 1 aliphatic carbocycles. The van der Waals surface area contributed by atoms with E-state index in [1.165, 1.54) is 39.0 Å². The molecule has 0 fully saturated rings. The molecular weight excluding hydrogens is 276 g/mol. The van der Waals surface area contributed by atoms with Gasteiger partial charge in [0.05, 0.1) is 0 Å². The summed E-state index contributed by atoms with van der Waals surface area (Å²) in [6, 6.07) is 26.0. The van der Waals surface area contributed by atoms with Gasteiger partial charge in [-0.1, -0.05) is 85.0 Å². The Morgan fingerprint density at radius 2 is 1.35 bits per heavy atom. The number of rotatable bonds is 3. The maximum Gasteiger partial charge on any atom is -0.00966 e. The van der Waals surface area contributed by atoms with Crippen molar-refractivity contribution in [3.05, 3.63) is 102 Å². The minimum atomic E-state index is 1.26. The van der Waals surface area contributed by atoms with Gasteiger partial charge in [0.25, 0.3) is 0 Å². The predicted molar refractivity (Wildman–Crippen MR) is 99.2 cm³/mol. The summed E-state index contributed by atoms with van der Waals surface area (Å²) in [6.07, 6.45) is 6.46. The smallest absolute Gasteiger partial charge is 0.00966 e. The minimum Gasteiger partial charge on any atom is -0.0622 e. The van der Waals surface area contributed by atoms with Crippen molar-refractivity contribution in [3.63, 3.8) is 0 Å². The van der Waals surface area contributed by atoms with Gasteiger partial charge in [-0.05, 0) is 51.9 Å². The van der Waals surface area contributed by atoms with Gasteiger partial charge in [-0.3, -0.25) is 0 Å². The molecule has 0 atom stereocenters. The fourth-order valence-electron chi connectivity index (χ4n) is 3.08. The van der Waals surface area contributed by atoms with Gasteiger partial charge in [-0.15, -0.1) is 0 Å². The van der Waals surface area contributed by atoms with Gasteiger partial charge in [-0.25, -0.2) is 0 Å². The van der Waals surface area contributed by atoms with Gasteiger partial charge in [0, 0.05) is 0 Å². The van der Waals surface area contributed by atoms with E-state index in [1.807, 2.05) is 0 Å². The van der Waals surface area contributed by atoms with Gasteiger partial charge in [0.2, 0.25) is 0 Å². The van der Waals surface area contributed by atoms with Crippen molar-refractivity contribution in [3.8, 4) is 22.3 Å². The van der Waals surface area contributed by atoms with Crippen molar-refractivity contribution >= 4 is 5.57 Å². The zero-order valence-electron chi connectivity index (χ0n) is 13.2. The third-order valence-electron chi connectivity index (χ3n) is 4.42. The Morgan fingerprint density at radius 1 is 0.609 bits per heavy atom.